The summed E-state index contributed by atoms with van der Waals surface area (Å²) in [5.41, 5.74) is 2.49. The maximum atomic E-state index is 12.5. The first kappa shape index (κ1) is 13.8. The van der Waals surface area contributed by atoms with Crippen LogP contribution in [0.5, 0.6) is 0 Å². The lowest BCUT2D eigenvalue weighted by atomic mass is 9.99. The summed E-state index contributed by atoms with van der Waals surface area (Å²) in [4.78, 5) is 19.5. The molecule has 116 valence electrons. The normalized spacial score (nSPS) is 25.3. The molecule has 2 fully saturated rings. The molecular weight excluding hydrogens is 276 g/mol. The maximum Gasteiger partial charge on any atom is 0.271 e. The number of nitrogens with one attached hydrogen (secondary N) is 1. The second kappa shape index (κ2) is 5.39. The van der Waals surface area contributed by atoms with Crippen LogP contribution in [-0.2, 0) is 0 Å². The molecule has 0 bridgehead atoms. The standard InChI is InChI=1S/C17H22N4O/c1-12-5-8-21-11-14(18-16(21)10-12)17(22)19-13-6-9-20-7-3-2-4-15(13)20/h5,8,10-11,13,15H,2-4,6-7,9H2,1H3,(H,19,22)/t13-,15-/m0/s1. The van der Waals surface area contributed by atoms with Gasteiger partial charge in [0, 0.05) is 31.0 Å². The topological polar surface area (TPSA) is 49.6 Å². The van der Waals surface area contributed by atoms with E-state index in [0.29, 0.717) is 11.7 Å². The lowest BCUT2D eigenvalue weighted by molar-refractivity contribution is 0.0911. The molecule has 2 aliphatic heterocycles. The van der Waals surface area contributed by atoms with Gasteiger partial charge in [0.25, 0.3) is 5.91 Å². The number of aromatic nitrogens is 2. The van der Waals surface area contributed by atoms with E-state index in [9.17, 15) is 4.79 Å². The number of aryl methyl sites for hydroxylation is 1. The molecule has 0 saturated carbocycles. The van der Waals surface area contributed by atoms with Crippen LogP contribution in [0.15, 0.2) is 24.5 Å². The van der Waals surface area contributed by atoms with Crippen molar-refractivity contribution < 1.29 is 4.79 Å². The molecule has 2 aromatic rings. The second-order valence-electron chi connectivity index (χ2n) is 6.56. The highest BCUT2D eigenvalue weighted by molar-refractivity contribution is 5.93. The van der Waals surface area contributed by atoms with E-state index in [2.05, 4.69) is 15.2 Å². The Hall–Kier alpha value is -1.88. The monoisotopic (exact) mass is 298 g/mol. The SMILES string of the molecule is Cc1ccn2cc(C(=O)N[C@H]3CCN4CCCC[C@@H]34)nc2c1. The fraction of sp³-hybridized carbons (Fsp3) is 0.529. The minimum atomic E-state index is -0.0428. The van der Waals surface area contributed by atoms with Gasteiger partial charge in [0.1, 0.15) is 11.3 Å². The highest BCUT2D eigenvalue weighted by Gasteiger charge is 2.36. The van der Waals surface area contributed by atoms with Crippen molar-refractivity contribution in [3.8, 4) is 0 Å². The molecule has 1 amide bonds. The van der Waals surface area contributed by atoms with Crippen molar-refractivity contribution >= 4 is 11.6 Å². The van der Waals surface area contributed by atoms with E-state index in [-0.39, 0.29) is 11.9 Å². The van der Waals surface area contributed by atoms with Gasteiger partial charge in [0.15, 0.2) is 0 Å². The molecule has 2 aliphatic rings. The van der Waals surface area contributed by atoms with Crippen LogP contribution in [0.3, 0.4) is 0 Å². The second-order valence-corrected chi connectivity index (χ2v) is 6.56. The number of amides is 1. The number of hydrogen-bond donors (Lipinski definition) is 1. The van der Waals surface area contributed by atoms with Gasteiger partial charge in [-0.25, -0.2) is 4.98 Å². The van der Waals surface area contributed by atoms with Crippen molar-refractivity contribution in [3.05, 3.63) is 35.8 Å². The summed E-state index contributed by atoms with van der Waals surface area (Å²) in [6.45, 7) is 4.33. The average Bonchev–Trinajstić information content (AvgIpc) is 3.11. The Morgan fingerprint density at radius 1 is 1.32 bits per heavy atom. The van der Waals surface area contributed by atoms with E-state index in [4.69, 9.17) is 0 Å². The van der Waals surface area contributed by atoms with Crippen LogP contribution in [0.1, 0.15) is 41.7 Å². The third kappa shape index (κ3) is 2.39. The summed E-state index contributed by atoms with van der Waals surface area (Å²) in [7, 11) is 0. The van der Waals surface area contributed by atoms with Crippen LogP contribution in [0, 0.1) is 6.92 Å². The molecular formula is C17H22N4O. The first-order valence-corrected chi connectivity index (χ1v) is 8.21. The molecule has 22 heavy (non-hydrogen) atoms. The molecule has 0 aliphatic carbocycles. The third-order valence-corrected chi connectivity index (χ3v) is 5.02. The van der Waals surface area contributed by atoms with Crippen molar-refractivity contribution in [2.45, 2.75) is 44.7 Å². The van der Waals surface area contributed by atoms with Crippen molar-refractivity contribution in [1.29, 1.82) is 0 Å². The van der Waals surface area contributed by atoms with Crippen LogP contribution >= 0.6 is 0 Å². The van der Waals surface area contributed by atoms with Crippen LogP contribution in [-0.4, -0.2) is 45.4 Å². The molecule has 5 nitrogen and oxygen atoms in total. The Morgan fingerprint density at radius 2 is 2.23 bits per heavy atom. The molecule has 5 heteroatoms. The Bertz CT molecular complexity index is 708. The molecule has 0 radical (unpaired) electrons. The number of piperidine rings is 1. The molecule has 2 atom stereocenters. The Kier molecular flexibility index (Phi) is 3.37. The lowest BCUT2D eigenvalue weighted by Gasteiger charge is -2.32. The van der Waals surface area contributed by atoms with Crippen molar-refractivity contribution in [3.63, 3.8) is 0 Å². The average molecular weight is 298 g/mol. The molecule has 2 saturated heterocycles. The lowest BCUT2D eigenvalue weighted by Crippen LogP contribution is -2.46. The zero-order chi connectivity index (χ0) is 15.1. The predicted octanol–water partition coefficient (Wildman–Crippen LogP) is 2.00. The van der Waals surface area contributed by atoms with E-state index in [1.165, 1.54) is 25.8 Å². The van der Waals surface area contributed by atoms with Crippen molar-refractivity contribution in [2.75, 3.05) is 13.1 Å². The summed E-state index contributed by atoms with van der Waals surface area (Å²) < 4.78 is 1.91. The van der Waals surface area contributed by atoms with Crippen LogP contribution in [0.2, 0.25) is 0 Å². The van der Waals surface area contributed by atoms with E-state index < -0.39 is 0 Å². The number of rotatable bonds is 2. The number of nitrogens with zero attached hydrogens (tertiary/aromatic N) is 3. The summed E-state index contributed by atoms with van der Waals surface area (Å²) >= 11 is 0. The highest BCUT2D eigenvalue weighted by atomic mass is 16.2. The molecule has 1 N–H and O–H groups in total. The fourth-order valence-electron chi connectivity index (χ4n) is 3.85. The van der Waals surface area contributed by atoms with Gasteiger partial charge in [-0.05, 0) is 50.4 Å². The smallest absolute Gasteiger partial charge is 0.271 e. The number of carbonyl (C=O) groups is 1. The first-order chi connectivity index (χ1) is 10.7. The Labute approximate surface area is 130 Å². The largest absolute Gasteiger partial charge is 0.346 e. The summed E-state index contributed by atoms with van der Waals surface area (Å²) in [6.07, 6.45) is 8.60. The molecule has 2 aromatic heterocycles. The number of hydrogen-bond acceptors (Lipinski definition) is 3. The van der Waals surface area contributed by atoms with Crippen molar-refractivity contribution in [1.82, 2.24) is 19.6 Å². The first-order valence-electron chi connectivity index (χ1n) is 8.21. The minimum absolute atomic E-state index is 0.0428. The number of carbonyl (C=O) groups excluding carboxylic acids is 1. The zero-order valence-electron chi connectivity index (χ0n) is 13.0. The molecule has 0 aromatic carbocycles. The van der Waals surface area contributed by atoms with E-state index >= 15 is 0 Å². The van der Waals surface area contributed by atoms with Gasteiger partial charge in [-0.3, -0.25) is 9.69 Å². The van der Waals surface area contributed by atoms with E-state index in [1.807, 2.05) is 35.9 Å². The summed E-state index contributed by atoms with van der Waals surface area (Å²) in [5.74, 6) is -0.0428. The molecule has 0 spiro atoms. The number of imidazole rings is 1. The van der Waals surface area contributed by atoms with Gasteiger partial charge >= 0.3 is 0 Å². The van der Waals surface area contributed by atoms with Crippen LogP contribution in [0.25, 0.3) is 5.65 Å². The Balaban J connectivity index is 1.51. The predicted molar refractivity (Wildman–Crippen MR) is 85.0 cm³/mol. The summed E-state index contributed by atoms with van der Waals surface area (Å²) in [5, 5.41) is 3.21. The number of pyridine rings is 1. The van der Waals surface area contributed by atoms with Crippen LogP contribution < -0.4 is 5.32 Å². The van der Waals surface area contributed by atoms with Crippen molar-refractivity contribution in [2.24, 2.45) is 0 Å². The summed E-state index contributed by atoms with van der Waals surface area (Å²) in [6, 6.07) is 4.82. The van der Waals surface area contributed by atoms with Gasteiger partial charge in [-0.2, -0.15) is 0 Å². The molecule has 0 unspecified atom stereocenters. The van der Waals surface area contributed by atoms with E-state index in [1.54, 1.807) is 0 Å². The zero-order valence-corrected chi connectivity index (χ0v) is 13.0. The van der Waals surface area contributed by atoms with Gasteiger partial charge in [-0.1, -0.05) is 6.42 Å². The van der Waals surface area contributed by atoms with E-state index in [0.717, 1.165) is 24.2 Å². The third-order valence-electron chi connectivity index (χ3n) is 5.02. The fourth-order valence-corrected chi connectivity index (χ4v) is 3.85. The molecule has 4 rings (SSSR count). The molecule has 4 heterocycles. The van der Waals surface area contributed by atoms with Crippen LogP contribution in [0.4, 0.5) is 0 Å². The minimum Gasteiger partial charge on any atom is -0.346 e. The van der Waals surface area contributed by atoms with Gasteiger partial charge < -0.3 is 9.72 Å². The van der Waals surface area contributed by atoms with Gasteiger partial charge in [0.2, 0.25) is 0 Å². The maximum absolute atomic E-state index is 12.5. The highest BCUT2D eigenvalue weighted by Crippen LogP contribution is 2.27. The quantitative estimate of drug-likeness (QED) is 0.922. The Morgan fingerprint density at radius 3 is 3.14 bits per heavy atom. The number of fused-ring (bicyclic) bond motifs is 2. The van der Waals surface area contributed by atoms with Gasteiger partial charge in [0.05, 0.1) is 0 Å². The van der Waals surface area contributed by atoms with Gasteiger partial charge in [-0.15, -0.1) is 0 Å².